The van der Waals surface area contributed by atoms with E-state index in [1.54, 1.807) is 13.2 Å². The molecule has 2 rings (SSSR count). The van der Waals surface area contributed by atoms with Crippen LogP contribution >= 0.6 is 0 Å². The molecule has 1 heterocycles. The number of esters is 1. The first kappa shape index (κ1) is 16.3. The van der Waals surface area contributed by atoms with Crippen molar-refractivity contribution < 1.29 is 23.8 Å². The maximum absolute atomic E-state index is 11.7. The highest BCUT2D eigenvalue weighted by Gasteiger charge is 2.18. The van der Waals surface area contributed by atoms with E-state index in [1.165, 1.54) is 24.4 Å². The van der Waals surface area contributed by atoms with Gasteiger partial charge >= 0.3 is 11.7 Å². The summed E-state index contributed by atoms with van der Waals surface area (Å²) in [5, 5.41) is 14.0. The zero-order chi connectivity index (χ0) is 16.7. The SMILES string of the molecule is COc1ccccc1CNC(=O)COC(=O)c1cccc[n+]1[O-]. The molecule has 0 aliphatic rings. The second kappa shape index (κ2) is 7.79. The fourth-order valence-corrected chi connectivity index (χ4v) is 1.89. The molecule has 120 valence electrons. The number of pyridine rings is 1. The molecular formula is C16H16N2O5. The van der Waals surface area contributed by atoms with E-state index in [0.29, 0.717) is 10.5 Å². The van der Waals surface area contributed by atoms with Gasteiger partial charge in [0.1, 0.15) is 5.75 Å². The Bertz CT molecular complexity index is 702. The van der Waals surface area contributed by atoms with Gasteiger partial charge in [0.05, 0.1) is 7.11 Å². The Kier molecular flexibility index (Phi) is 5.51. The lowest BCUT2D eigenvalue weighted by atomic mass is 10.2. The molecule has 0 unspecified atom stereocenters. The Balaban J connectivity index is 1.84. The van der Waals surface area contributed by atoms with Gasteiger partial charge in [-0.1, -0.05) is 18.2 Å². The van der Waals surface area contributed by atoms with Gasteiger partial charge in [-0.15, -0.1) is 0 Å². The number of nitrogens with zero attached hydrogens (tertiary/aromatic N) is 1. The summed E-state index contributed by atoms with van der Waals surface area (Å²) in [6.45, 7) is -0.226. The summed E-state index contributed by atoms with van der Waals surface area (Å²) in [4.78, 5) is 23.4. The maximum Gasteiger partial charge on any atom is 0.405 e. The molecule has 0 spiro atoms. The molecule has 0 saturated carbocycles. The predicted octanol–water partition coefficient (Wildman–Crippen LogP) is 0.802. The number of nitrogens with one attached hydrogen (secondary N) is 1. The van der Waals surface area contributed by atoms with Gasteiger partial charge in [0.2, 0.25) is 0 Å². The molecule has 23 heavy (non-hydrogen) atoms. The van der Waals surface area contributed by atoms with E-state index in [9.17, 15) is 14.8 Å². The molecule has 0 radical (unpaired) electrons. The fraction of sp³-hybridized carbons (Fsp3) is 0.188. The molecule has 2 aromatic rings. The van der Waals surface area contributed by atoms with Crippen LogP contribution in [-0.4, -0.2) is 25.6 Å². The van der Waals surface area contributed by atoms with Crippen molar-refractivity contribution in [3.05, 3.63) is 65.1 Å². The summed E-state index contributed by atoms with van der Waals surface area (Å²) in [5.74, 6) is -0.674. The van der Waals surface area contributed by atoms with Crippen molar-refractivity contribution in [1.29, 1.82) is 0 Å². The number of amides is 1. The van der Waals surface area contributed by atoms with E-state index in [4.69, 9.17) is 9.47 Å². The average molecular weight is 316 g/mol. The summed E-state index contributed by atoms with van der Waals surface area (Å²) in [6, 6.07) is 11.6. The molecule has 0 saturated heterocycles. The zero-order valence-corrected chi connectivity index (χ0v) is 12.5. The molecule has 0 atom stereocenters. The minimum atomic E-state index is -0.854. The topological polar surface area (TPSA) is 91.6 Å². The molecule has 7 nitrogen and oxygen atoms in total. The van der Waals surface area contributed by atoms with E-state index < -0.39 is 18.5 Å². The van der Waals surface area contributed by atoms with E-state index in [-0.39, 0.29) is 12.2 Å². The number of rotatable bonds is 6. The van der Waals surface area contributed by atoms with Gasteiger partial charge in [-0.05, 0) is 12.1 Å². The first-order valence-corrected chi connectivity index (χ1v) is 6.85. The first-order valence-electron chi connectivity index (χ1n) is 6.85. The van der Waals surface area contributed by atoms with E-state index >= 15 is 0 Å². The van der Waals surface area contributed by atoms with Crippen LogP contribution in [0.4, 0.5) is 0 Å². The molecule has 1 N–H and O–H groups in total. The quantitative estimate of drug-likeness (QED) is 0.483. The molecule has 0 fully saturated rings. The lowest BCUT2D eigenvalue weighted by Gasteiger charge is -2.09. The maximum atomic E-state index is 11.7. The molecule has 0 aliphatic carbocycles. The number of methoxy groups -OCH3 is 1. The van der Waals surface area contributed by atoms with Crippen molar-refractivity contribution >= 4 is 11.9 Å². The van der Waals surface area contributed by atoms with Gasteiger partial charge in [-0.25, -0.2) is 4.79 Å². The number of para-hydroxylation sites is 1. The average Bonchev–Trinajstić information content (AvgIpc) is 2.58. The van der Waals surface area contributed by atoms with Crippen molar-refractivity contribution in [2.24, 2.45) is 0 Å². The highest BCUT2D eigenvalue weighted by molar-refractivity contribution is 5.88. The number of hydrogen-bond donors (Lipinski definition) is 1. The standard InChI is InChI=1S/C16H16N2O5/c1-22-14-8-3-2-6-12(14)10-17-15(19)11-23-16(20)13-7-4-5-9-18(13)21/h2-9H,10-11H2,1H3,(H,17,19). The van der Waals surface area contributed by atoms with E-state index in [2.05, 4.69) is 5.32 Å². The van der Waals surface area contributed by atoms with Crippen LogP contribution < -0.4 is 14.8 Å². The van der Waals surface area contributed by atoms with Crippen molar-refractivity contribution in [1.82, 2.24) is 5.32 Å². The Labute approximate surface area is 133 Å². The molecule has 0 aliphatic heterocycles. The molecule has 7 heteroatoms. The second-order valence-electron chi connectivity index (χ2n) is 4.58. The normalized spacial score (nSPS) is 9.96. The molecule has 1 aromatic heterocycles. The Morgan fingerprint density at radius 3 is 2.65 bits per heavy atom. The zero-order valence-electron chi connectivity index (χ0n) is 12.5. The van der Waals surface area contributed by atoms with Gasteiger partial charge < -0.3 is 20.0 Å². The second-order valence-corrected chi connectivity index (χ2v) is 4.58. The number of aromatic nitrogens is 1. The minimum Gasteiger partial charge on any atom is -0.618 e. The third-order valence-electron chi connectivity index (χ3n) is 3.04. The third-order valence-corrected chi connectivity index (χ3v) is 3.04. The van der Waals surface area contributed by atoms with Crippen LogP contribution in [0.2, 0.25) is 0 Å². The van der Waals surface area contributed by atoms with Gasteiger partial charge in [0.15, 0.2) is 12.8 Å². The van der Waals surface area contributed by atoms with Crippen LogP contribution in [0.3, 0.4) is 0 Å². The predicted molar refractivity (Wildman–Crippen MR) is 80.5 cm³/mol. The minimum absolute atomic E-state index is 0.176. The molecule has 1 amide bonds. The molecule has 0 bridgehead atoms. The van der Waals surface area contributed by atoms with Crippen molar-refractivity contribution in [2.75, 3.05) is 13.7 Å². The highest BCUT2D eigenvalue weighted by Crippen LogP contribution is 2.16. The lowest BCUT2D eigenvalue weighted by Crippen LogP contribution is -2.36. The van der Waals surface area contributed by atoms with Crippen LogP contribution in [0, 0.1) is 5.21 Å². The van der Waals surface area contributed by atoms with Gasteiger partial charge in [0.25, 0.3) is 5.91 Å². The Morgan fingerprint density at radius 2 is 1.91 bits per heavy atom. The monoisotopic (exact) mass is 316 g/mol. The van der Waals surface area contributed by atoms with Crippen LogP contribution in [-0.2, 0) is 16.1 Å². The van der Waals surface area contributed by atoms with Crippen LogP contribution in [0.1, 0.15) is 16.1 Å². The number of benzene rings is 1. The number of hydrogen-bond acceptors (Lipinski definition) is 5. The van der Waals surface area contributed by atoms with Crippen LogP contribution in [0.15, 0.2) is 48.7 Å². The van der Waals surface area contributed by atoms with Gasteiger partial charge in [-0.2, -0.15) is 4.73 Å². The lowest BCUT2D eigenvalue weighted by molar-refractivity contribution is -0.608. The van der Waals surface area contributed by atoms with E-state index in [0.717, 1.165) is 5.56 Å². The third kappa shape index (κ3) is 4.44. The largest absolute Gasteiger partial charge is 0.618 e. The number of ether oxygens (including phenoxy) is 2. The summed E-state index contributed by atoms with van der Waals surface area (Å²) < 4.78 is 10.4. The van der Waals surface area contributed by atoms with Crippen LogP contribution in [0.5, 0.6) is 5.75 Å². The van der Waals surface area contributed by atoms with Crippen molar-refractivity contribution in [2.45, 2.75) is 6.54 Å². The summed E-state index contributed by atoms with van der Waals surface area (Å²) in [5.41, 5.74) is 0.625. The number of carbonyl (C=O) groups is 2. The Hall–Kier alpha value is -3.09. The molecular weight excluding hydrogens is 300 g/mol. The van der Waals surface area contributed by atoms with Crippen molar-refractivity contribution in [3.8, 4) is 5.75 Å². The van der Waals surface area contributed by atoms with E-state index in [1.807, 2.05) is 18.2 Å². The Morgan fingerprint density at radius 1 is 1.17 bits per heavy atom. The van der Waals surface area contributed by atoms with Gasteiger partial charge in [-0.3, -0.25) is 4.79 Å². The number of carbonyl (C=O) groups excluding carboxylic acids is 2. The van der Waals surface area contributed by atoms with Crippen molar-refractivity contribution in [3.63, 3.8) is 0 Å². The first-order chi connectivity index (χ1) is 11.1. The smallest absolute Gasteiger partial charge is 0.405 e. The molecule has 1 aromatic carbocycles. The summed E-state index contributed by atoms with van der Waals surface area (Å²) in [7, 11) is 1.54. The fourth-order valence-electron chi connectivity index (χ4n) is 1.89. The van der Waals surface area contributed by atoms with Crippen LogP contribution in [0.25, 0.3) is 0 Å². The van der Waals surface area contributed by atoms with Gasteiger partial charge in [0, 0.05) is 24.2 Å². The summed E-state index contributed by atoms with van der Waals surface area (Å²) in [6.07, 6.45) is 1.18. The summed E-state index contributed by atoms with van der Waals surface area (Å²) >= 11 is 0. The highest BCUT2D eigenvalue weighted by atomic mass is 16.5.